The smallest absolute Gasteiger partial charge is 0.184 e. The fourth-order valence-corrected chi connectivity index (χ4v) is 11.3. The van der Waals surface area contributed by atoms with Gasteiger partial charge in [-0.25, -0.2) is 0 Å². The summed E-state index contributed by atoms with van der Waals surface area (Å²) in [5.41, 5.74) is 8.53. The van der Waals surface area contributed by atoms with Crippen molar-refractivity contribution >= 4 is 8.32 Å². The minimum Gasteiger partial charge on any atom is -0.414 e. The summed E-state index contributed by atoms with van der Waals surface area (Å²) in [6.45, 7) is 13.3. The van der Waals surface area contributed by atoms with Crippen LogP contribution in [-0.4, -0.2) is 46.6 Å². The van der Waals surface area contributed by atoms with Crippen molar-refractivity contribution in [2.24, 2.45) is 39.7 Å². The van der Waals surface area contributed by atoms with Gasteiger partial charge in [0, 0.05) is 30.4 Å². The summed E-state index contributed by atoms with van der Waals surface area (Å²) in [4.78, 5) is 0. The monoisotopic (exact) mass is 527 g/mol. The van der Waals surface area contributed by atoms with Crippen molar-refractivity contribution in [3.8, 4) is 0 Å². The van der Waals surface area contributed by atoms with Crippen LogP contribution in [0.5, 0.6) is 0 Å². The molecule has 2 bridgehead atoms. The van der Waals surface area contributed by atoms with Gasteiger partial charge >= 0.3 is 0 Å². The maximum Gasteiger partial charge on any atom is 0.184 e. The number of hydrogen-bond donors (Lipinski definition) is 1. The van der Waals surface area contributed by atoms with Crippen molar-refractivity contribution in [2.45, 2.75) is 96.4 Å². The molecule has 1 saturated heterocycles. The van der Waals surface area contributed by atoms with E-state index in [2.05, 4.69) is 56.9 Å². The Bertz CT molecular complexity index is 962. The Morgan fingerprint density at radius 3 is 2.43 bits per heavy atom. The van der Waals surface area contributed by atoms with E-state index in [0.717, 1.165) is 39.1 Å². The number of benzene rings is 1. The lowest BCUT2D eigenvalue weighted by Gasteiger charge is -2.68. The van der Waals surface area contributed by atoms with Gasteiger partial charge in [-0.1, -0.05) is 43.7 Å². The molecule has 0 unspecified atom stereocenters. The molecule has 2 spiro atoms. The third-order valence-corrected chi connectivity index (χ3v) is 12.4. The number of ether oxygens (including phenoxy) is 3. The second-order valence-corrected chi connectivity index (χ2v) is 18.8. The predicted octanol–water partition coefficient (Wildman–Crippen LogP) is 6.13. The summed E-state index contributed by atoms with van der Waals surface area (Å²) in [7, 11) is -1.76. The van der Waals surface area contributed by atoms with Crippen LogP contribution in [0.15, 0.2) is 30.3 Å². The van der Waals surface area contributed by atoms with Crippen LogP contribution in [-0.2, 0) is 25.2 Å². The molecule has 1 aromatic carbocycles. The molecule has 2 N–H and O–H groups in total. The number of fused-ring (bicyclic) bond motifs is 3. The lowest BCUT2D eigenvalue weighted by atomic mass is 9.38. The third kappa shape index (κ3) is 4.20. The highest BCUT2D eigenvalue weighted by Crippen LogP contribution is 2.76. The topological polar surface area (TPSA) is 62.9 Å². The van der Waals surface area contributed by atoms with E-state index in [-0.39, 0.29) is 22.7 Å². The average Bonchev–Trinajstić information content (AvgIpc) is 3.46. The van der Waals surface area contributed by atoms with Crippen LogP contribution in [0.25, 0.3) is 0 Å². The Kier molecular flexibility index (Phi) is 6.73. The summed E-state index contributed by atoms with van der Waals surface area (Å²) in [5.74, 6) is 1.31. The summed E-state index contributed by atoms with van der Waals surface area (Å²) in [5, 5.41) is 0. The first-order valence-electron chi connectivity index (χ1n) is 14.9. The van der Waals surface area contributed by atoms with Crippen LogP contribution >= 0.6 is 0 Å². The molecular formula is C31H49NO4Si. The van der Waals surface area contributed by atoms with Crippen molar-refractivity contribution in [1.29, 1.82) is 0 Å². The molecule has 4 aliphatic carbocycles. The van der Waals surface area contributed by atoms with Crippen molar-refractivity contribution in [2.75, 3.05) is 26.4 Å². The van der Waals surface area contributed by atoms with E-state index < -0.39 is 8.32 Å². The molecule has 5 nitrogen and oxygen atoms in total. The van der Waals surface area contributed by atoms with Gasteiger partial charge in [-0.05, 0) is 86.4 Å². The Morgan fingerprint density at radius 1 is 0.973 bits per heavy atom. The summed E-state index contributed by atoms with van der Waals surface area (Å²) >= 11 is 0. The van der Waals surface area contributed by atoms with Gasteiger partial charge in [0.1, 0.15) is 0 Å². The highest BCUT2D eigenvalue weighted by Gasteiger charge is 2.73. The lowest BCUT2D eigenvalue weighted by Crippen LogP contribution is -2.67. The largest absolute Gasteiger partial charge is 0.414 e. The Balaban J connectivity index is 1.35. The Morgan fingerprint density at radius 2 is 1.73 bits per heavy atom. The van der Waals surface area contributed by atoms with Crippen molar-refractivity contribution in [3.63, 3.8) is 0 Å². The van der Waals surface area contributed by atoms with Gasteiger partial charge in [-0.2, -0.15) is 0 Å². The van der Waals surface area contributed by atoms with Gasteiger partial charge in [-0.15, -0.1) is 0 Å². The quantitative estimate of drug-likeness (QED) is 0.432. The normalized spacial score (nSPS) is 42.5. The number of hydrogen-bond acceptors (Lipinski definition) is 5. The zero-order valence-corrected chi connectivity index (χ0v) is 24.6. The molecule has 0 radical (unpaired) electrons. The van der Waals surface area contributed by atoms with Gasteiger partial charge in [0.25, 0.3) is 0 Å². The van der Waals surface area contributed by atoms with Gasteiger partial charge in [0.15, 0.2) is 14.1 Å². The van der Waals surface area contributed by atoms with Gasteiger partial charge in [-0.3, -0.25) is 0 Å². The Hall–Kier alpha value is -0.763. The van der Waals surface area contributed by atoms with Crippen LogP contribution in [0.2, 0.25) is 19.6 Å². The van der Waals surface area contributed by atoms with Crippen LogP contribution in [0.1, 0.15) is 63.9 Å². The van der Waals surface area contributed by atoms with E-state index >= 15 is 0 Å². The van der Waals surface area contributed by atoms with E-state index in [0.29, 0.717) is 36.3 Å². The third-order valence-electron chi connectivity index (χ3n) is 11.4. The minimum atomic E-state index is -1.76. The van der Waals surface area contributed by atoms with Crippen molar-refractivity contribution < 1.29 is 18.6 Å². The van der Waals surface area contributed by atoms with Crippen molar-refractivity contribution in [1.82, 2.24) is 0 Å². The first-order chi connectivity index (χ1) is 17.7. The zero-order chi connectivity index (χ0) is 25.9. The average molecular weight is 528 g/mol. The molecule has 1 aromatic rings. The maximum atomic E-state index is 7.17. The van der Waals surface area contributed by atoms with Gasteiger partial charge < -0.3 is 24.4 Å². The number of nitrogens with two attached hydrogens (primary N) is 1. The summed E-state index contributed by atoms with van der Waals surface area (Å²) < 4.78 is 26.4. The molecular weight excluding hydrogens is 478 g/mol. The molecule has 0 aromatic heterocycles. The van der Waals surface area contributed by atoms with Gasteiger partial charge in [0.2, 0.25) is 0 Å². The van der Waals surface area contributed by atoms with E-state index in [1.807, 2.05) is 0 Å². The number of rotatable bonds is 7. The van der Waals surface area contributed by atoms with Crippen LogP contribution in [0.3, 0.4) is 0 Å². The zero-order valence-electron chi connectivity index (χ0n) is 23.6. The van der Waals surface area contributed by atoms with Gasteiger partial charge in [0.05, 0.1) is 26.4 Å². The molecule has 206 valence electrons. The first kappa shape index (κ1) is 26.5. The van der Waals surface area contributed by atoms with Crippen molar-refractivity contribution in [3.05, 3.63) is 35.9 Å². The summed E-state index contributed by atoms with van der Waals surface area (Å²) in [6.07, 6.45) is 9.82. The molecule has 5 aliphatic rings. The predicted molar refractivity (Wildman–Crippen MR) is 148 cm³/mol. The molecule has 6 rings (SSSR count). The molecule has 7 atom stereocenters. The molecule has 37 heavy (non-hydrogen) atoms. The van der Waals surface area contributed by atoms with E-state index in [1.54, 1.807) is 0 Å². The summed E-state index contributed by atoms with van der Waals surface area (Å²) in [6, 6.07) is 10.6. The highest BCUT2D eigenvalue weighted by molar-refractivity contribution is 6.69. The fourth-order valence-electron chi connectivity index (χ4n) is 10.2. The lowest BCUT2D eigenvalue weighted by molar-refractivity contribution is -0.250. The molecule has 4 saturated carbocycles. The maximum absolute atomic E-state index is 7.17. The van der Waals surface area contributed by atoms with Crippen LogP contribution < -0.4 is 5.73 Å². The molecule has 5 fully saturated rings. The standard InChI is InChI=1S/C31H49NO4Si/c1-28-11-8-12-29(21-32,22-33-20-23-9-6-5-7-10-23)27(28)26(36-37(2,3)4)18-24-17-25-19-30(24,28)13-14-31(25)34-15-16-35-31/h5-7,9-10,24-27H,8,11-22,32H2,1-4H3/t24-,25-,26-,27-,28+,29-,30+/m1/s1. The van der Waals surface area contributed by atoms with E-state index in [4.69, 9.17) is 24.4 Å². The molecule has 0 amide bonds. The molecule has 1 heterocycles. The second kappa shape index (κ2) is 9.41. The van der Waals surface area contributed by atoms with Crippen LogP contribution in [0.4, 0.5) is 0 Å². The Labute approximate surface area is 225 Å². The van der Waals surface area contributed by atoms with Crippen LogP contribution in [0, 0.1) is 34.0 Å². The fraction of sp³-hybridized carbons (Fsp3) is 0.806. The highest BCUT2D eigenvalue weighted by atomic mass is 28.4. The minimum absolute atomic E-state index is 0.0423. The van der Waals surface area contributed by atoms with E-state index in [1.165, 1.54) is 37.7 Å². The molecule has 1 aliphatic heterocycles. The molecule has 6 heteroatoms. The first-order valence-corrected chi connectivity index (χ1v) is 18.3. The van der Waals surface area contributed by atoms with E-state index in [9.17, 15) is 0 Å². The SMILES string of the molecule is C[C@]12CCC[C@@](CN)(COCc3ccccc3)[C@@H]1[C@H](O[Si](C)(C)C)C[C@H]1C[C@@H]3C[C@@]12CCC31OCCO1. The second-order valence-electron chi connectivity index (χ2n) is 14.3.